The van der Waals surface area contributed by atoms with Crippen LogP contribution in [0.15, 0.2) is 382 Å². The molecule has 103 heavy (non-hydrogen) atoms. The Hall–Kier alpha value is -13.4. The van der Waals surface area contributed by atoms with E-state index < -0.39 is 0 Å². The third-order valence-corrected chi connectivity index (χ3v) is 20.8. The molecule has 6 nitrogen and oxygen atoms in total. The van der Waals surface area contributed by atoms with E-state index in [9.17, 15) is 0 Å². The van der Waals surface area contributed by atoms with Crippen molar-refractivity contribution in [2.45, 2.75) is 0 Å². The van der Waals surface area contributed by atoms with E-state index >= 15 is 0 Å². The van der Waals surface area contributed by atoms with Gasteiger partial charge in [0.1, 0.15) is 0 Å². The van der Waals surface area contributed by atoms with Crippen LogP contribution in [0.4, 0.5) is 34.1 Å². The van der Waals surface area contributed by atoms with Crippen LogP contribution in [-0.4, -0.2) is 34.8 Å². The molecule has 3 aromatic heterocycles. The van der Waals surface area contributed by atoms with Gasteiger partial charge in [-0.05, 0) is 165 Å². The molecule has 20 aromatic rings. The molecule has 3 heterocycles. The Morgan fingerprint density at radius 2 is 0.515 bits per heavy atom. The predicted octanol–water partition coefficient (Wildman–Crippen LogP) is 25.9. The molecule has 0 radical (unpaired) electrons. The second-order valence-electron chi connectivity index (χ2n) is 26.6. The first-order valence-corrected chi connectivity index (χ1v) is 35.3. The van der Waals surface area contributed by atoms with Gasteiger partial charge in [0.05, 0.1) is 44.5 Å². The molecule has 0 spiro atoms. The highest BCUT2D eigenvalue weighted by Gasteiger charge is 2.20. The van der Waals surface area contributed by atoms with Crippen molar-refractivity contribution in [3.63, 3.8) is 0 Å². The summed E-state index contributed by atoms with van der Waals surface area (Å²) in [5, 5.41) is 17.8. The van der Waals surface area contributed by atoms with Crippen LogP contribution in [-0.2, 0) is 0 Å². The molecule has 0 N–H and O–H groups in total. The van der Waals surface area contributed by atoms with Gasteiger partial charge in [-0.1, -0.05) is 255 Å². The Labute approximate surface area is 598 Å². The third kappa shape index (κ3) is 11.1. The zero-order valence-electron chi connectivity index (χ0n) is 57.6. The molecule has 0 aliphatic carbocycles. The summed E-state index contributed by atoms with van der Waals surface area (Å²) in [5.41, 5.74) is 20.5. The smallest absolute Gasteiger partial charge is 0.0542 e. The largest absolute Gasteiger partial charge is 0.345 e. The van der Waals surface area contributed by atoms with E-state index in [1.807, 2.05) is 0 Å². The van der Waals surface area contributed by atoms with Crippen LogP contribution in [0, 0.1) is 0 Å². The van der Waals surface area contributed by atoms with Gasteiger partial charge in [0.25, 0.3) is 0 Å². The van der Waals surface area contributed by atoms with Gasteiger partial charge in [-0.2, -0.15) is 0 Å². The maximum atomic E-state index is 2.41. The minimum Gasteiger partial charge on any atom is -0.345 e. The molecule has 17 aromatic carbocycles. The number of para-hydroxylation sites is 5. The van der Waals surface area contributed by atoms with Crippen LogP contribution in [0.5, 0.6) is 0 Å². The summed E-state index contributed by atoms with van der Waals surface area (Å²) in [6.07, 6.45) is 0. The summed E-state index contributed by atoms with van der Waals surface area (Å²) < 4.78 is 7.17. The molecule has 0 aliphatic heterocycles. The van der Waals surface area contributed by atoms with E-state index in [-0.39, 0.29) is 0 Å². The summed E-state index contributed by atoms with van der Waals surface area (Å²) in [7, 11) is 6.43. The second-order valence-corrected chi connectivity index (χ2v) is 26.6. The number of fused-ring (bicyclic) bond motifs is 14. The zero-order valence-corrected chi connectivity index (χ0v) is 57.6. The molecule has 6 heteroatoms. The van der Waals surface area contributed by atoms with E-state index in [0.29, 0.717) is 0 Å². The highest BCUT2D eigenvalue weighted by molar-refractivity contribution is 6.16. The first-order valence-electron chi connectivity index (χ1n) is 35.3. The van der Waals surface area contributed by atoms with E-state index in [2.05, 4.69) is 432 Å². The highest BCUT2D eigenvalue weighted by Crippen LogP contribution is 2.42. The lowest BCUT2D eigenvalue weighted by Crippen LogP contribution is -2.10. The van der Waals surface area contributed by atoms with Gasteiger partial charge in [-0.15, -0.1) is 0 Å². The molecule has 0 atom stereocenters. The van der Waals surface area contributed by atoms with Gasteiger partial charge < -0.3 is 28.4 Å². The molecule has 0 amide bonds. The maximum absolute atomic E-state index is 2.41. The number of hydrogen-bond acceptors (Lipinski definition) is 3. The molecule has 490 valence electrons. The SMILES string of the molecule is CN(c1ccc(-c2ccccc2)cc1)c1ccc2c(c1)c1ccccc1n2-c1cccc2ccccc12.CN(c1ccc(-n2c3ccccc3c3ccccc32)cc1)c1cc2ccccc2c2ccccc12.CN(c1ccccc1)c1ccc2c(c1)c1ccccc1n2-c1cccc2ccccc12. The zero-order chi connectivity index (χ0) is 68.9. The summed E-state index contributed by atoms with van der Waals surface area (Å²) in [6.45, 7) is 0. The molecule has 0 bridgehead atoms. The lowest BCUT2D eigenvalue weighted by atomic mass is 9.99. The standard InChI is InChI=1S/C35H26N2.C33H24N2.C29H22N2/c1-36(28-20-18-26(19-21-28)25-10-3-2-4-11-25)29-22-23-35-32(24-29)31-15-7-8-16-34(31)37(35)33-17-9-13-27-12-5-6-14-30(27)33;1-34(33-22-23-10-2-3-11-26(23)27-12-4-5-13-28(27)33)24-18-20-25(21-19-24)35-31-16-8-6-14-29(31)30-15-7-9-17-32(30)35;1-30(22-12-3-2-4-13-22)23-18-19-29-26(20-23)25-15-7-8-16-28(25)31(29)27-17-9-11-21-10-5-6-14-24(21)27/h2-24H,1H3;2-22H,1H3;2-20H,1H3. The number of rotatable bonds is 10. The lowest BCUT2D eigenvalue weighted by Gasteiger charge is -2.23. The fourth-order valence-corrected chi connectivity index (χ4v) is 15.6. The monoisotopic (exact) mass is 1320 g/mol. The minimum absolute atomic E-state index is 1.16. The number of anilines is 6. The van der Waals surface area contributed by atoms with Gasteiger partial charge in [-0.25, -0.2) is 0 Å². The average Bonchev–Trinajstić information content (AvgIpc) is 1.63. The molecule has 0 unspecified atom stereocenters. The molecule has 0 aliphatic rings. The summed E-state index contributed by atoms with van der Waals surface area (Å²) in [4.78, 5) is 6.80. The average molecular weight is 1320 g/mol. The van der Waals surface area contributed by atoms with E-state index in [1.165, 1.54) is 159 Å². The summed E-state index contributed by atoms with van der Waals surface area (Å²) in [6, 6.07) is 137. The van der Waals surface area contributed by atoms with Gasteiger partial charge in [0.2, 0.25) is 0 Å². The highest BCUT2D eigenvalue weighted by atomic mass is 15.1. The van der Waals surface area contributed by atoms with Crippen molar-refractivity contribution in [2.75, 3.05) is 35.8 Å². The first-order chi connectivity index (χ1) is 50.9. The van der Waals surface area contributed by atoms with Crippen molar-refractivity contribution in [1.82, 2.24) is 13.7 Å². The van der Waals surface area contributed by atoms with Gasteiger partial charge in [0, 0.05) is 109 Å². The van der Waals surface area contributed by atoms with Crippen molar-refractivity contribution in [3.05, 3.63) is 382 Å². The van der Waals surface area contributed by atoms with Crippen molar-refractivity contribution in [1.29, 1.82) is 0 Å². The van der Waals surface area contributed by atoms with E-state index in [1.54, 1.807) is 0 Å². The fourth-order valence-electron chi connectivity index (χ4n) is 15.6. The molecule has 0 fully saturated rings. The third-order valence-electron chi connectivity index (χ3n) is 20.8. The van der Waals surface area contributed by atoms with Crippen molar-refractivity contribution in [2.24, 2.45) is 0 Å². The van der Waals surface area contributed by atoms with E-state index in [0.717, 1.165) is 11.4 Å². The second kappa shape index (κ2) is 26.3. The topological polar surface area (TPSA) is 24.5 Å². The Balaban J connectivity index is 0.000000111. The summed E-state index contributed by atoms with van der Waals surface area (Å²) in [5.74, 6) is 0. The molecule has 0 saturated carbocycles. The van der Waals surface area contributed by atoms with Gasteiger partial charge in [0.15, 0.2) is 0 Å². The normalized spacial score (nSPS) is 11.4. The number of nitrogens with zero attached hydrogens (tertiary/aromatic N) is 6. The Morgan fingerprint density at radius 3 is 1.02 bits per heavy atom. The van der Waals surface area contributed by atoms with E-state index in [4.69, 9.17) is 0 Å². The maximum Gasteiger partial charge on any atom is 0.0542 e. The quantitative estimate of drug-likeness (QED) is 0.128. The van der Waals surface area contributed by atoms with Gasteiger partial charge >= 0.3 is 0 Å². The Kier molecular flexibility index (Phi) is 15.8. The fraction of sp³-hybridized carbons (Fsp3) is 0.0309. The first kappa shape index (κ1) is 61.9. The Morgan fingerprint density at radius 1 is 0.184 bits per heavy atom. The number of hydrogen-bond donors (Lipinski definition) is 0. The molecule has 20 rings (SSSR count). The van der Waals surface area contributed by atoms with Crippen molar-refractivity contribution < 1.29 is 0 Å². The minimum atomic E-state index is 1.16. The van der Waals surface area contributed by atoms with Gasteiger partial charge in [-0.3, -0.25) is 0 Å². The summed E-state index contributed by atoms with van der Waals surface area (Å²) >= 11 is 0. The lowest BCUT2D eigenvalue weighted by molar-refractivity contribution is 1.17. The predicted molar refractivity (Wildman–Crippen MR) is 441 cm³/mol. The van der Waals surface area contributed by atoms with Crippen LogP contribution >= 0.6 is 0 Å². The van der Waals surface area contributed by atoms with Crippen molar-refractivity contribution >= 4 is 143 Å². The number of benzene rings is 17. The molecule has 0 saturated heterocycles. The number of aromatic nitrogens is 3. The molecular weight excluding hydrogens is 1250 g/mol. The molecular formula is C97H72N6. The van der Waals surface area contributed by atoms with Crippen LogP contribution < -0.4 is 14.7 Å². The Bertz CT molecular complexity index is 6480. The van der Waals surface area contributed by atoms with Crippen LogP contribution in [0.2, 0.25) is 0 Å². The van der Waals surface area contributed by atoms with Crippen LogP contribution in [0.1, 0.15) is 0 Å². The van der Waals surface area contributed by atoms with Crippen molar-refractivity contribution in [3.8, 4) is 28.2 Å². The van der Waals surface area contributed by atoms with Crippen LogP contribution in [0.25, 0.3) is 137 Å². The van der Waals surface area contributed by atoms with Crippen LogP contribution in [0.3, 0.4) is 0 Å².